The number of aromatic nitrogens is 2. The molecule has 0 spiro atoms. The Balaban J connectivity index is 1.62. The minimum absolute atomic E-state index is 0.0114. The van der Waals surface area contributed by atoms with Crippen LogP contribution >= 0.6 is 0 Å². The molecule has 1 atom stereocenters. The standard InChI is InChI=1S/C17H19N3O2S/c1-12-4-5-15-16(8-12)20-7-6-13(9-17(20)18-15)19-10-14(11-19)22-23(2,3)21/h4-9,14H,2,10-11H2,1,3H3. The molecule has 0 aliphatic carbocycles. The van der Waals surface area contributed by atoms with Gasteiger partial charge in [-0.1, -0.05) is 6.07 Å². The molecule has 6 heteroatoms. The van der Waals surface area contributed by atoms with Crippen molar-refractivity contribution in [3.8, 4) is 0 Å². The van der Waals surface area contributed by atoms with Gasteiger partial charge >= 0.3 is 0 Å². The van der Waals surface area contributed by atoms with Crippen molar-refractivity contribution in [1.29, 1.82) is 0 Å². The van der Waals surface area contributed by atoms with Crippen molar-refractivity contribution in [3.05, 3.63) is 42.1 Å². The van der Waals surface area contributed by atoms with Gasteiger partial charge in [0.15, 0.2) is 0 Å². The molecule has 1 unspecified atom stereocenters. The lowest BCUT2D eigenvalue weighted by Gasteiger charge is -2.40. The zero-order valence-electron chi connectivity index (χ0n) is 13.2. The Bertz CT molecular complexity index is 1000. The van der Waals surface area contributed by atoms with Gasteiger partial charge in [0.1, 0.15) is 11.8 Å². The summed E-state index contributed by atoms with van der Waals surface area (Å²) >= 11 is 0. The van der Waals surface area contributed by atoms with Crippen LogP contribution in [0.1, 0.15) is 5.56 Å². The number of fused-ring (bicyclic) bond motifs is 3. The van der Waals surface area contributed by atoms with Crippen LogP contribution in [0.4, 0.5) is 5.69 Å². The minimum Gasteiger partial charge on any atom is -0.366 e. The van der Waals surface area contributed by atoms with Gasteiger partial charge in [-0.2, -0.15) is 0 Å². The Labute approximate surface area is 135 Å². The maximum absolute atomic E-state index is 11.6. The lowest BCUT2D eigenvalue weighted by molar-refractivity contribution is 0.188. The number of rotatable bonds is 3. The third-order valence-electron chi connectivity index (χ3n) is 4.10. The maximum Gasteiger partial charge on any atom is 0.139 e. The molecule has 1 saturated heterocycles. The number of pyridine rings is 1. The van der Waals surface area contributed by atoms with Gasteiger partial charge in [0, 0.05) is 37.3 Å². The van der Waals surface area contributed by atoms with E-state index in [-0.39, 0.29) is 6.10 Å². The summed E-state index contributed by atoms with van der Waals surface area (Å²) in [6, 6.07) is 10.4. The van der Waals surface area contributed by atoms with Gasteiger partial charge in [-0.05, 0) is 36.6 Å². The first-order valence-electron chi connectivity index (χ1n) is 7.53. The van der Waals surface area contributed by atoms with Crippen LogP contribution in [0.2, 0.25) is 0 Å². The van der Waals surface area contributed by atoms with Crippen molar-refractivity contribution in [2.24, 2.45) is 0 Å². The van der Waals surface area contributed by atoms with Crippen LogP contribution in [0.15, 0.2) is 36.5 Å². The number of hydrogen-bond donors (Lipinski definition) is 0. The van der Waals surface area contributed by atoms with E-state index in [1.165, 1.54) is 11.8 Å². The van der Waals surface area contributed by atoms with E-state index in [0.29, 0.717) is 0 Å². The smallest absolute Gasteiger partial charge is 0.139 e. The molecule has 4 rings (SSSR count). The quantitative estimate of drug-likeness (QED) is 0.692. The van der Waals surface area contributed by atoms with E-state index in [1.54, 1.807) is 0 Å². The Hall–Kier alpha value is -2.05. The van der Waals surface area contributed by atoms with Gasteiger partial charge in [0.05, 0.1) is 20.8 Å². The highest BCUT2D eigenvalue weighted by atomic mass is 32.2. The molecule has 0 amide bonds. The van der Waals surface area contributed by atoms with Gasteiger partial charge in [0.25, 0.3) is 0 Å². The number of nitrogens with zero attached hydrogens (tertiary/aromatic N) is 3. The van der Waals surface area contributed by atoms with Crippen LogP contribution in [0.5, 0.6) is 0 Å². The fraction of sp³-hybridized carbons (Fsp3) is 0.294. The normalized spacial score (nSPS) is 18.3. The first-order chi connectivity index (χ1) is 10.9. The van der Waals surface area contributed by atoms with Crippen LogP contribution in [0.25, 0.3) is 16.7 Å². The van der Waals surface area contributed by atoms with Crippen molar-refractivity contribution in [3.63, 3.8) is 0 Å². The van der Waals surface area contributed by atoms with Crippen molar-refractivity contribution in [2.45, 2.75) is 13.0 Å². The van der Waals surface area contributed by atoms with E-state index < -0.39 is 9.80 Å². The van der Waals surface area contributed by atoms with Crippen molar-refractivity contribution < 1.29 is 8.39 Å². The highest BCUT2D eigenvalue weighted by Gasteiger charge is 2.29. The molecule has 23 heavy (non-hydrogen) atoms. The predicted molar refractivity (Wildman–Crippen MR) is 95.7 cm³/mol. The van der Waals surface area contributed by atoms with E-state index in [1.807, 2.05) is 0 Å². The van der Waals surface area contributed by atoms with Crippen LogP contribution in [-0.2, 0) is 14.0 Å². The summed E-state index contributed by atoms with van der Waals surface area (Å²) in [5.41, 5.74) is 5.39. The van der Waals surface area contributed by atoms with Crippen LogP contribution < -0.4 is 4.90 Å². The molecule has 0 saturated carbocycles. The zero-order valence-corrected chi connectivity index (χ0v) is 14.0. The summed E-state index contributed by atoms with van der Waals surface area (Å²) in [4.78, 5) is 6.88. The molecule has 1 fully saturated rings. The molecular weight excluding hydrogens is 310 g/mol. The molecule has 0 bridgehead atoms. The molecule has 0 N–H and O–H groups in total. The van der Waals surface area contributed by atoms with Gasteiger partial charge in [-0.25, -0.2) is 9.19 Å². The average molecular weight is 329 g/mol. The molecule has 0 radical (unpaired) electrons. The first-order valence-corrected chi connectivity index (χ1v) is 9.59. The second kappa shape index (κ2) is 4.97. The average Bonchev–Trinajstić information content (AvgIpc) is 2.78. The first kappa shape index (κ1) is 14.5. The molecular formula is C17H19N3O2S. The molecule has 3 aromatic rings. The molecule has 5 nitrogen and oxygen atoms in total. The summed E-state index contributed by atoms with van der Waals surface area (Å²) in [7, 11) is -2.39. The van der Waals surface area contributed by atoms with Gasteiger partial charge < -0.3 is 4.90 Å². The van der Waals surface area contributed by atoms with Crippen LogP contribution in [0, 0.1) is 6.92 Å². The third-order valence-corrected chi connectivity index (χ3v) is 4.78. The summed E-state index contributed by atoms with van der Waals surface area (Å²) in [6.45, 7) is 3.55. The van der Waals surface area contributed by atoms with Crippen LogP contribution in [0.3, 0.4) is 0 Å². The van der Waals surface area contributed by atoms with E-state index in [9.17, 15) is 4.21 Å². The van der Waals surface area contributed by atoms with Gasteiger partial charge in [0.2, 0.25) is 0 Å². The molecule has 3 heterocycles. The zero-order chi connectivity index (χ0) is 16.2. The van der Waals surface area contributed by atoms with Crippen LogP contribution in [-0.4, -0.2) is 44.9 Å². The second-order valence-corrected chi connectivity index (χ2v) is 8.31. The van der Waals surface area contributed by atoms with Gasteiger partial charge in [-0.15, -0.1) is 0 Å². The fourth-order valence-corrected chi connectivity index (χ4v) is 3.70. The monoisotopic (exact) mass is 329 g/mol. The number of aryl methyl sites for hydroxylation is 1. The van der Waals surface area contributed by atoms with E-state index in [2.05, 4.69) is 63.6 Å². The fourth-order valence-electron chi connectivity index (χ4n) is 3.01. The summed E-state index contributed by atoms with van der Waals surface area (Å²) in [5, 5.41) is 0. The number of hydrogen-bond acceptors (Lipinski definition) is 4. The van der Waals surface area contributed by atoms with Crippen molar-refractivity contribution in [2.75, 3.05) is 24.2 Å². The SMILES string of the molecule is C=S(C)(=O)OC1CN(c2ccn3c(c2)nc2ccc(C)cc23)C1. The Morgan fingerprint density at radius 1 is 1.30 bits per heavy atom. The topological polar surface area (TPSA) is 46.8 Å². The number of benzene rings is 1. The number of imidazole rings is 1. The van der Waals surface area contributed by atoms with Gasteiger partial charge in [-0.3, -0.25) is 8.58 Å². The summed E-state index contributed by atoms with van der Waals surface area (Å²) in [6.07, 6.45) is 3.57. The Morgan fingerprint density at radius 3 is 2.83 bits per heavy atom. The lowest BCUT2D eigenvalue weighted by Crippen LogP contribution is -2.53. The molecule has 1 aliphatic rings. The summed E-state index contributed by atoms with van der Waals surface area (Å²) < 4.78 is 19.1. The highest BCUT2D eigenvalue weighted by Crippen LogP contribution is 2.26. The Morgan fingerprint density at radius 2 is 2.09 bits per heavy atom. The van der Waals surface area contributed by atoms with Crippen molar-refractivity contribution in [1.82, 2.24) is 9.38 Å². The molecule has 1 aromatic carbocycles. The highest BCUT2D eigenvalue weighted by molar-refractivity contribution is 7.95. The lowest BCUT2D eigenvalue weighted by atomic mass is 10.1. The molecule has 1 aliphatic heterocycles. The number of anilines is 1. The molecule has 120 valence electrons. The molecule has 2 aromatic heterocycles. The minimum atomic E-state index is -2.39. The second-order valence-electron chi connectivity index (χ2n) is 6.27. The summed E-state index contributed by atoms with van der Waals surface area (Å²) in [5.74, 6) is 3.54. The van der Waals surface area contributed by atoms with E-state index in [4.69, 9.17) is 4.18 Å². The van der Waals surface area contributed by atoms with E-state index >= 15 is 0 Å². The maximum atomic E-state index is 11.6. The Kier molecular flexibility index (Phi) is 3.14. The largest absolute Gasteiger partial charge is 0.366 e. The van der Waals surface area contributed by atoms with Crippen molar-refractivity contribution >= 4 is 38.0 Å². The predicted octanol–water partition coefficient (Wildman–Crippen LogP) is 2.26. The van der Waals surface area contributed by atoms with E-state index in [0.717, 1.165) is 35.5 Å². The third kappa shape index (κ3) is 2.68.